The van der Waals surface area contributed by atoms with Gasteiger partial charge in [0.15, 0.2) is 0 Å². The van der Waals surface area contributed by atoms with E-state index in [9.17, 15) is 9.90 Å². The summed E-state index contributed by atoms with van der Waals surface area (Å²) in [6, 6.07) is 7.88. The Morgan fingerprint density at radius 2 is 1.56 bits per heavy atom. The molecule has 0 spiro atoms. The number of hydrogen-bond acceptors (Lipinski definition) is 3. The molecule has 0 aliphatic rings. The molecule has 0 saturated carbocycles. The van der Waals surface area contributed by atoms with E-state index in [0.29, 0.717) is 6.54 Å². The van der Waals surface area contributed by atoms with Crippen molar-refractivity contribution < 1.29 is 9.59 Å². The molecule has 2 rings (SSSR count). The van der Waals surface area contributed by atoms with Gasteiger partial charge in [-0.3, -0.25) is 9.36 Å². The standard InChI is InChI=1S/C22H37N2O2S/c1-4-7-14-24(15-8-5-2,16-9-6-3)18-19(25)17-23-20-12-10-11-13-21(20)27-22(23)26/h10-13,19,25H,4-9,14-18H2,1-3H3/q+1/t19-/m0/s1. The van der Waals surface area contributed by atoms with Crippen molar-refractivity contribution in [2.75, 3.05) is 26.2 Å². The van der Waals surface area contributed by atoms with Crippen molar-refractivity contribution in [3.63, 3.8) is 0 Å². The molecule has 0 aliphatic carbocycles. The molecule has 1 heterocycles. The highest BCUT2D eigenvalue weighted by Gasteiger charge is 2.29. The average Bonchev–Trinajstić information content (AvgIpc) is 2.98. The number of benzene rings is 1. The quantitative estimate of drug-likeness (QED) is 0.504. The zero-order valence-electron chi connectivity index (χ0n) is 17.3. The molecule has 0 aliphatic heterocycles. The van der Waals surface area contributed by atoms with Gasteiger partial charge in [-0.2, -0.15) is 0 Å². The van der Waals surface area contributed by atoms with Crippen LogP contribution in [0, 0.1) is 0 Å². The molecule has 2 aromatic rings. The number of nitrogens with zero attached hydrogens (tertiary/aromatic N) is 2. The Balaban J connectivity index is 2.18. The molecule has 1 N–H and O–H groups in total. The van der Waals surface area contributed by atoms with E-state index in [2.05, 4.69) is 20.8 Å². The lowest BCUT2D eigenvalue weighted by molar-refractivity contribution is -0.931. The third-order valence-corrected chi connectivity index (χ3v) is 6.48. The fourth-order valence-electron chi connectivity index (χ4n) is 3.99. The Hall–Kier alpha value is -1.17. The lowest BCUT2D eigenvalue weighted by Crippen LogP contribution is -2.54. The van der Waals surface area contributed by atoms with E-state index in [1.54, 1.807) is 4.57 Å². The highest BCUT2D eigenvalue weighted by molar-refractivity contribution is 7.16. The minimum atomic E-state index is -0.494. The van der Waals surface area contributed by atoms with E-state index in [1.165, 1.54) is 49.9 Å². The second-order valence-electron chi connectivity index (χ2n) is 7.86. The monoisotopic (exact) mass is 393 g/mol. The zero-order chi connectivity index (χ0) is 19.7. The average molecular weight is 394 g/mol. The van der Waals surface area contributed by atoms with Crippen LogP contribution >= 0.6 is 11.3 Å². The van der Waals surface area contributed by atoms with Crippen LogP contribution in [-0.2, 0) is 6.54 Å². The normalized spacial score (nSPS) is 13.3. The van der Waals surface area contributed by atoms with Gasteiger partial charge in [0.05, 0.1) is 36.4 Å². The number of para-hydroxylation sites is 1. The van der Waals surface area contributed by atoms with E-state index >= 15 is 0 Å². The van der Waals surface area contributed by atoms with E-state index in [1.807, 2.05) is 24.3 Å². The van der Waals surface area contributed by atoms with Crippen molar-refractivity contribution in [1.29, 1.82) is 0 Å². The lowest BCUT2D eigenvalue weighted by Gasteiger charge is -2.40. The van der Waals surface area contributed by atoms with Gasteiger partial charge < -0.3 is 9.59 Å². The summed E-state index contributed by atoms with van der Waals surface area (Å²) < 4.78 is 3.75. The molecular weight excluding hydrogens is 356 g/mol. The highest BCUT2D eigenvalue weighted by atomic mass is 32.1. The molecule has 0 saturated heterocycles. The van der Waals surface area contributed by atoms with E-state index in [0.717, 1.165) is 40.9 Å². The SMILES string of the molecule is CCCC[N+](CCCC)(CCCC)C[C@@H](O)Cn1c(=O)sc2ccccc21. The van der Waals surface area contributed by atoms with Crippen molar-refractivity contribution in [3.8, 4) is 0 Å². The second kappa shape index (κ2) is 11.0. The maximum absolute atomic E-state index is 12.4. The van der Waals surface area contributed by atoms with Crippen LogP contribution in [0.15, 0.2) is 29.1 Å². The first-order chi connectivity index (χ1) is 13.0. The fraction of sp³-hybridized carbons (Fsp3) is 0.682. The third-order valence-electron chi connectivity index (χ3n) is 5.52. The van der Waals surface area contributed by atoms with Gasteiger partial charge in [0, 0.05) is 0 Å². The van der Waals surface area contributed by atoms with Gasteiger partial charge in [-0.25, -0.2) is 0 Å². The molecule has 0 unspecified atom stereocenters. The summed E-state index contributed by atoms with van der Waals surface area (Å²) in [4.78, 5) is 12.5. The van der Waals surface area contributed by atoms with Gasteiger partial charge in [-0.1, -0.05) is 63.5 Å². The van der Waals surface area contributed by atoms with Crippen molar-refractivity contribution >= 4 is 21.6 Å². The summed E-state index contributed by atoms with van der Waals surface area (Å²) in [5, 5.41) is 11.0. The maximum Gasteiger partial charge on any atom is 0.308 e. The molecule has 27 heavy (non-hydrogen) atoms. The predicted octanol–water partition coefficient (Wildman–Crippen LogP) is 4.64. The number of quaternary nitrogens is 1. The first-order valence-electron chi connectivity index (χ1n) is 10.7. The topological polar surface area (TPSA) is 42.2 Å². The molecule has 152 valence electrons. The highest BCUT2D eigenvalue weighted by Crippen LogP contribution is 2.19. The van der Waals surface area contributed by atoms with Crippen LogP contribution in [0.4, 0.5) is 0 Å². The Labute approximate surface area is 168 Å². The van der Waals surface area contributed by atoms with Gasteiger partial charge in [0.1, 0.15) is 12.6 Å². The number of aliphatic hydroxyl groups excluding tert-OH is 1. The van der Waals surface area contributed by atoms with Gasteiger partial charge in [0.2, 0.25) is 0 Å². The maximum atomic E-state index is 12.4. The molecule has 5 heteroatoms. The number of hydrogen-bond donors (Lipinski definition) is 1. The zero-order valence-corrected chi connectivity index (χ0v) is 18.1. The molecular formula is C22H37N2O2S+. The number of aromatic nitrogens is 1. The van der Waals surface area contributed by atoms with Crippen LogP contribution in [0.3, 0.4) is 0 Å². The van der Waals surface area contributed by atoms with Gasteiger partial charge in [-0.15, -0.1) is 0 Å². The van der Waals surface area contributed by atoms with Gasteiger partial charge in [0.25, 0.3) is 0 Å². The van der Waals surface area contributed by atoms with Crippen LogP contribution in [0.1, 0.15) is 59.3 Å². The Kier molecular flexibility index (Phi) is 9.00. The molecule has 0 radical (unpaired) electrons. The first kappa shape index (κ1) is 22.1. The lowest BCUT2D eigenvalue weighted by atomic mass is 10.1. The summed E-state index contributed by atoms with van der Waals surface area (Å²) in [6.07, 6.45) is 6.64. The molecule has 4 nitrogen and oxygen atoms in total. The van der Waals surface area contributed by atoms with Crippen molar-refractivity contribution in [2.45, 2.75) is 71.9 Å². The Bertz CT molecular complexity index is 715. The minimum Gasteiger partial charge on any atom is -0.385 e. The molecule has 0 fully saturated rings. The summed E-state index contributed by atoms with van der Waals surface area (Å²) in [7, 11) is 0. The van der Waals surface area contributed by atoms with E-state index < -0.39 is 6.10 Å². The summed E-state index contributed by atoms with van der Waals surface area (Å²) in [5.74, 6) is 0. The Morgan fingerprint density at radius 1 is 1.00 bits per heavy atom. The summed E-state index contributed by atoms with van der Waals surface area (Å²) in [6.45, 7) is 11.3. The van der Waals surface area contributed by atoms with E-state index in [4.69, 9.17) is 0 Å². The van der Waals surface area contributed by atoms with Crippen LogP contribution < -0.4 is 4.87 Å². The fourth-order valence-corrected chi connectivity index (χ4v) is 4.89. The Morgan fingerprint density at radius 3 is 2.11 bits per heavy atom. The van der Waals surface area contributed by atoms with Crippen molar-refractivity contribution in [1.82, 2.24) is 4.57 Å². The largest absolute Gasteiger partial charge is 0.385 e. The molecule has 1 aromatic carbocycles. The smallest absolute Gasteiger partial charge is 0.308 e. The van der Waals surface area contributed by atoms with Crippen LogP contribution in [-0.4, -0.2) is 46.4 Å². The first-order valence-corrected chi connectivity index (χ1v) is 11.5. The minimum absolute atomic E-state index is 0.0315. The number of thiazole rings is 1. The summed E-state index contributed by atoms with van der Waals surface area (Å²) >= 11 is 1.27. The molecule has 0 amide bonds. The predicted molar refractivity (Wildman–Crippen MR) is 117 cm³/mol. The number of unbranched alkanes of at least 4 members (excludes halogenated alkanes) is 3. The van der Waals surface area contributed by atoms with Crippen LogP contribution in [0.5, 0.6) is 0 Å². The van der Waals surface area contributed by atoms with Gasteiger partial charge >= 0.3 is 4.87 Å². The van der Waals surface area contributed by atoms with Crippen LogP contribution in [0.25, 0.3) is 10.2 Å². The number of aliphatic hydroxyl groups is 1. The van der Waals surface area contributed by atoms with Crippen molar-refractivity contribution in [2.24, 2.45) is 0 Å². The molecule has 1 atom stereocenters. The van der Waals surface area contributed by atoms with E-state index in [-0.39, 0.29) is 4.87 Å². The number of rotatable bonds is 13. The van der Waals surface area contributed by atoms with Gasteiger partial charge in [-0.05, 0) is 31.4 Å². The summed E-state index contributed by atoms with van der Waals surface area (Å²) in [5.41, 5.74) is 0.945. The number of fused-ring (bicyclic) bond motifs is 1. The van der Waals surface area contributed by atoms with Crippen LogP contribution in [0.2, 0.25) is 0 Å². The third kappa shape index (κ3) is 6.16. The molecule has 0 bridgehead atoms. The second-order valence-corrected chi connectivity index (χ2v) is 8.85. The van der Waals surface area contributed by atoms with Crippen molar-refractivity contribution in [3.05, 3.63) is 33.9 Å². The molecule has 1 aromatic heterocycles.